The lowest BCUT2D eigenvalue weighted by atomic mass is 9.90. The van der Waals surface area contributed by atoms with Gasteiger partial charge in [-0.1, -0.05) is 13.8 Å². The standard InChI is InChI=1S/C25H33N3O2S/c1-14(2)20-21-17(5)23(18-7-9-28(10-8-18)12-16(4)29)31-24(21)26-22(20)19-11-15(3)25(30)27(6)13-19/h11,13-14,18,26H,7-10,12H2,1-6H3. The van der Waals surface area contributed by atoms with E-state index in [1.807, 2.05) is 37.6 Å². The minimum Gasteiger partial charge on any atom is -0.346 e. The Kier molecular flexibility index (Phi) is 5.97. The van der Waals surface area contributed by atoms with Crippen molar-refractivity contribution in [2.75, 3.05) is 19.6 Å². The average Bonchev–Trinajstić information content (AvgIpc) is 3.23. The molecule has 6 heteroatoms. The second kappa shape index (κ2) is 8.40. The smallest absolute Gasteiger partial charge is 0.253 e. The minimum atomic E-state index is 0.0535. The number of rotatable bonds is 5. The largest absolute Gasteiger partial charge is 0.346 e. The van der Waals surface area contributed by atoms with Crippen LogP contribution in [0.2, 0.25) is 0 Å². The van der Waals surface area contributed by atoms with Crippen LogP contribution < -0.4 is 5.56 Å². The molecule has 0 saturated carbocycles. The second-order valence-corrected chi connectivity index (χ2v) is 10.5. The lowest BCUT2D eigenvalue weighted by Gasteiger charge is -2.31. The maximum atomic E-state index is 12.2. The van der Waals surface area contributed by atoms with Crippen molar-refractivity contribution >= 4 is 27.3 Å². The summed E-state index contributed by atoms with van der Waals surface area (Å²) in [6.07, 6.45) is 4.17. The summed E-state index contributed by atoms with van der Waals surface area (Å²) >= 11 is 1.89. The molecule has 0 radical (unpaired) electrons. The van der Waals surface area contributed by atoms with Crippen molar-refractivity contribution in [3.8, 4) is 11.3 Å². The highest BCUT2D eigenvalue weighted by atomic mass is 32.1. The number of ketones is 1. The molecule has 0 amide bonds. The van der Waals surface area contributed by atoms with Crippen molar-refractivity contribution in [3.05, 3.63) is 44.2 Å². The molecule has 166 valence electrons. The Morgan fingerprint density at radius 1 is 1.26 bits per heavy atom. The quantitative estimate of drug-likeness (QED) is 0.601. The molecule has 1 N–H and O–H groups in total. The molecule has 4 rings (SSSR count). The molecule has 0 atom stereocenters. The topological polar surface area (TPSA) is 58.1 Å². The third kappa shape index (κ3) is 4.03. The van der Waals surface area contributed by atoms with Gasteiger partial charge in [0.05, 0.1) is 12.2 Å². The number of piperidine rings is 1. The van der Waals surface area contributed by atoms with Crippen LogP contribution in [0.1, 0.15) is 67.0 Å². The predicted octanol–water partition coefficient (Wildman–Crippen LogP) is 5.10. The SMILES string of the molecule is CC(=O)CN1CCC(c2sc3[nH]c(-c4cc(C)c(=O)n(C)c4)c(C(C)C)c3c2C)CC1. The van der Waals surface area contributed by atoms with E-state index in [2.05, 4.69) is 30.7 Å². The first-order valence-electron chi connectivity index (χ1n) is 11.2. The number of likely N-dealkylation sites (tertiary alicyclic amines) is 1. The number of thiophene rings is 1. The Labute approximate surface area is 188 Å². The van der Waals surface area contributed by atoms with Gasteiger partial charge in [-0.15, -0.1) is 11.3 Å². The number of hydrogen-bond donors (Lipinski definition) is 1. The lowest BCUT2D eigenvalue weighted by molar-refractivity contribution is -0.118. The number of pyridine rings is 1. The molecule has 0 bridgehead atoms. The molecule has 1 aliphatic rings. The summed E-state index contributed by atoms with van der Waals surface area (Å²) < 4.78 is 1.68. The highest BCUT2D eigenvalue weighted by Crippen LogP contribution is 2.45. The predicted molar refractivity (Wildman–Crippen MR) is 130 cm³/mol. The molecule has 31 heavy (non-hydrogen) atoms. The Hall–Kier alpha value is -2.18. The molecule has 1 aliphatic heterocycles. The van der Waals surface area contributed by atoms with E-state index in [-0.39, 0.29) is 11.3 Å². The number of aryl methyl sites for hydroxylation is 3. The summed E-state index contributed by atoms with van der Waals surface area (Å²) in [6.45, 7) is 12.9. The number of carbonyl (C=O) groups excluding carboxylic acids is 1. The van der Waals surface area contributed by atoms with Gasteiger partial charge in [0.15, 0.2) is 0 Å². The van der Waals surface area contributed by atoms with E-state index < -0.39 is 0 Å². The number of nitrogens with zero attached hydrogens (tertiary/aromatic N) is 2. The Balaban J connectivity index is 1.73. The maximum absolute atomic E-state index is 12.2. The monoisotopic (exact) mass is 439 g/mol. The summed E-state index contributed by atoms with van der Waals surface area (Å²) in [5.41, 5.74) is 5.78. The van der Waals surface area contributed by atoms with Crippen molar-refractivity contribution in [3.63, 3.8) is 0 Å². The first-order chi connectivity index (χ1) is 14.7. The van der Waals surface area contributed by atoms with Gasteiger partial charge in [-0.2, -0.15) is 0 Å². The van der Waals surface area contributed by atoms with Crippen LogP contribution in [0.5, 0.6) is 0 Å². The van der Waals surface area contributed by atoms with Crippen LogP contribution in [0.25, 0.3) is 21.5 Å². The number of hydrogen-bond acceptors (Lipinski definition) is 4. The fraction of sp³-hybridized carbons (Fsp3) is 0.520. The van der Waals surface area contributed by atoms with E-state index >= 15 is 0 Å². The first-order valence-corrected chi connectivity index (χ1v) is 12.0. The van der Waals surface area contributed by atoms with Crippen LogP contribution in [-0.4, -0.2) is 39.9 Å². The third-order valence-corrected chi connectivity index (χ3v) is 7.96. The molecule has 5 nitrogen and oxygen atoms in total. The third-order valence-electron chi connectivity index (χ3n) is 6.59. The molecule has 0 unspecified atom stereocenters. The molecule has 0 spiro atoms. The van der Waals surface area contributed by atoms with Crippen molar-refractivity contribution in [2.45, 2.75) is 59.3 Å². The molecule has 0 aliphatic carbocycles. The van der Waals surface area contributed by atoms with E-state index in [4.69, 9.17) is 0 Å². The molecule has 4 heterocycles. The molecule has 0 aromatic carbocycles. The van der Waals surface area contributed by atoms with Gasteiger partial charge in [0, 0.05) is 34.6 Å². The number of nitrogens with one attached hydrogen (secondary N) is 1. The van der Waals surface area contributed by atoms with Gasteiger partial charge in [0.1, 0.15) is 10.6 Å². The van der Waals surface area contributed by atoms with E-state index in [0.717, 1.165) is 42.8 Å². The Morgan fingerprint density at radius 3 is 2.52 bits per heavy atom. The molecular weight excluding hydrogens is 406 g/mol. The van der Waals surface area contributed by atoms with Gasteiger partial charge < -0.3 is 9.55 Å². The van der Waals surface area contributed by atoms with Crippen LogP contribution in [0.3, 0.4) is 0 Å². The van der Waals surface area contributed by atoms with E-state index in [9.17, 15) is 9.59 Å². The zero-order chi connectivity index (χ0) is 22.4. The molecule has 3 aromatic rings. The van der Waals surface area contributed by atoms with Crippen LogP contribution >= 0.6 is 11.3 Å². The van der Waals surface area contributed by atoms with Crippen molar-refractivity contribution in [2.24, 2.45) is 7.05 Å². The van der Waals surface area contributed by atoms with Gasteiger partial charge in [-0.25, -0.2) is 0 Å². The molecule has 1 saturated heterocycles. The number of aromatic amines is 1. The maximum Gasteiger partial charge on any atom is 0.253 e. The van der Waals surface area contributed by atoms with Gasteiger partial charge in [0.2, 0.25) is 0 Å². The molecular formula is C25H33N3O2S. The number of fused-ring (bicyclic) bond motifs is 1. The van der Waals surface area contributed by atoms with E-state index in [1.165, 1.54) is 26.2 Å². The summed E-state index contributed by atoms with van der Waals surface area (Å²) in [4.78, 5) is 32.4. The van der Waals surface area contributed by atoms with Crippen LogP contribution in [0.4, 0.5) is 0 Å². The van der Waals surface area contributed by atoms with Crippen molar-refractivity contribution in [1.82, 2.24) is 14.5 Å². The van der Waals surface area contributed by atoms with Gasteiger partial charge in [-0.3, -0.25) is 14.5 Å². The summed E-state index contributed by atoms with van der Waals surface area (Å²) in [5, 5.41) is 1.36. The minimum absolute atomic E-state index is 0.0535. The lowest BCUT2D eigenvalue weighted by Crippen LogP contribution is -2.36. The number of carbonyl (C=O) groups is 1. The zero-order valence-electron chi connectivity index (χ0n) is 19.5. The zero-order valence-corrected chi connectivity index (χ0v) is 20.3. The van der Waals surface area contributed by atoms with Gasteiger partial charge >= 0.3 is 0 Å². The Bertz CT molecular complexity index is 1160. The Morgan fingerprint density at radius 2 is 1.94 bits per heavy atom. The number of aromatic nitrogens is 2. The summed E-state index contributed by atoms with van der Waals surface area (Å²) in [7, 11) is 1.82. The molecule has 1 fully saturated rings. The summed E-state index contributed by atoms with van der Waals surface area (Å²) in [6, 6.07) is 2.00. The number of Topliss-reactive ketones (excluding diaryl/α,β-unsaturated/α-hetero) is 1. The highest BCUT2D eigenvalue weighted by Gasteiger charge is 2.28. The average molecular weight is 440 g/mol. The van der Waals surface area contributed by atoms with Crippen molar-refractivity contribution < 1.29 is 4.79 Å². The normalized spacial score (nSPS) is 16.0. The summed E-state index contributed by atoms with van der Waals surface area (Å²) in [5.74, 6) is 1.19. The van der Waals surface area contributed by atoms with Gasteiger partial charge in [-0.05, 0) is 75.7 Å². The van der Waals surface area contributed by atoms with Crippen LogP contribution in [0.15, 0.2) is 17.1 Å². The van der Waals surface area contributed by atoms with Crippen molar-refractivity contribution in [1.29, 1.82) is 0 Å². The van der Waals surface area contributed by atoms with E-state index in [0.29, 0.717) is 18.4 Å². The fourth-order valence-electron chi connectivity index (χ4n) is 5.13. The second-order valence-electron chi connectivity index (χ2n) is 9.44. The number of H-pyrrole nitrogens is 1. The van der Waals surface area contributed by atoms with Crippen LogP contribution in [-0.2, 0) is 11.8 Å². The fourth-order valence-corrected chi connectivity index (χ4v) is 6.52. The molecule has 3 aromatic heterocycles. The van der Waals surface area contributed by atoms with E-state index in [1.54, 1.807) is 11.5 Å². The first kappa shape index (κ1) is 22.0. The highest BCUT2D eigenvalue weighted by molar-refractivity contribution is 7.19. The van der Waals surface area contributed by atoms with Crippen LogP contribution in [0, 0.1) is 13.8 Å². The van der Waals surface area contributed by atoms with Gasteiger partial charge in [0.25, 0.3) is 5.56 Å².